The molecular formula is C19H23N3O2. The van der Waals surface area contributed by atoms with E-state index >= 15 is 0 Å². The topological polar surface area (TPSA) is 74.2 Å². The Morgan fingerprint density at radius 3 is 2.83 bits per heavy atom. The Balaban J connectivity index is 1.49. The lowest BCUT2D eigenvalue weighted by atomic mass is 9.79. The fourth-order valence-corrected chi connectivity index (χ4v) is 3.22. The maximum Gasteiger partial charge on any atom is 0.314 e. The molecule has 1 unspecified atom stereocenters. The van der Waals surface area contributed by atoms with E-state index in [1.807, 2.05) is 42.5 Å². The average molecular weight is 325 g/mol. The second kappa shape index (κ2) is 7.45. The van der Waals surface area contributed by atoms with E-state index in [4.69, 9.17) is 0 Å². The fourth-order valence-electron chi connectivity index (χ4n) is 3.22. The van der Waals surface area contributed by atoms with Crippen LogP contribution in [0.4, 0.5) is 4.79 Å². The SMILES string of the molecule is O=C(NCCc1ccccn1)NCC1(O)CCCc2ccccc21. The van der Waals surface area contributed by atoms with E-state index in [-0.39, 0.29) is 12.6 Å². The molecule has 5 nitrogen and oxygen atoms in total. The van der Waals surface area contributed by atoms with Gasteiger partial charge in [-0.05, 0) is 42.5 Å². The highest BCUT2D eigenvalue weighted by atomic mass is 16.3. The molecule has 5 heteroatoms. The summed E-state index contributed by atoms with van der Waals surface area (Å²) in [5.74, 6) is 0. The molecule has 0 saturated carbocycles. The summed E-state index contributed by atoms with van der Waals surface area (Å²) in [4.78, 5) is 16.2. The first-order valence-electron chi connectivity index (χ1n) is 8.40. The monoisotopic (exact) mass is 325 g/mol. The molecule has 0 saturated heterocycles. The molecule has 1 aromatic carbocycles. The van der Waals surface area contributed by atoms with Crippen molar-refractivity contribution in [2.45, 2.75) is 31.3 Å². The largest absolute Gasteiger partial charge is 0.383 e. The number of urea groups is 1. The number of hydrogen-bond donors (Lipinski definition) is 3. The van der Waals surface area contributed by atoms with Gasteiger partial charge in [0.1, 0.15) is 5.60 Å². The normalized spacial score (nSPS) is 19.4. The Kier molecular flexibility index (Phi) is 5.11. The van der Waals surface area contributed by atoms with Crippen LogP contribution in [-0.2, 0) is 18.4 Å². The number of aromatic nitrogens is 1. The molecule has 126 valence electrons. The lowest BCUT2D eigenvalue weighted by Gasteiger charge is -2.34. The number of fused-ring (bicyclic) bond motifs is 1. The van der Waals surface area contributed by atoms with Crippen molar-refractivity contribution in [2.75, 3.05) is 13.1 Å². The van der Waals surface area contributed by atoms with Gasteiger partial charge in [0.2, 0.25) is 0 Å². The number of aryl methyl sites for hydroxylation is 1. The number of benzene rings is 1. The summed E-state index contributed by atoms with van der Waals surface area (Å²) < 4.78 is 0. The van der Waals surface area contributed by atoms with Gasteiger partial charge < -0.3 is 15.7 Å². The highest BCUT2D eigenvalue weighted by Gasteiger charge is 2.34. The lowest BCUT2D eigenvalue weighted by molar-refractivity contribution is 0.0217. The zero-order chi connectivity index (χ0) is 16.8. The van der Waals surface area contributed by atoms with Crippen LogP contribution in [0.2, 0.25) is 0 Å². The van der Waals surface area contributed by atoms with Crippen molar-refractivity contribution in [3.63, 3.8) is 0 Å². The van der Waals surface area contributed by atoms with Crippen LogP contribution in [0.1, 0.15) is 29.7 Å². The standard InChI is InChI=1S/C19H23N3O2/c23-18(21-13-10-16-8-3-4-12-20-16)22-14-19(24)11-5-7-15-6-1-2-9-17(15)19/h1-4,6,8-9,12,24H,5,7,10-11,13-14H2,(H2,21,22,23). The van der Waals surface area contributed by atoms with Crippen molar-refractivity contribution in [1.82, 2.24) is 15.6 Å². The second-order valence-corrected chi connectivity index (χ2v) is 6.22. The first-order chi connectivity index (χ1) is 11.7. The van der Waals surface area contributed by atoms with Gasteiger partial charge in [-0.25, -0.2) is 4.79 Å². The van der Waals surface area contributed by atoms with Crippen LogP contribution < -0.4 is 10.6 Å². The van der Waals surface area contributed by atoms with Crippen LogP contribution in [0.5, 0.6) is 0 Å². The van der Waals surface area contributed by atoms with Gasteiger partial charge in [0.25, 0.3) is 0 Å². The van der Waals surface area contributed by atoms with Gasteiger partial charge >= 0.3 is 6.03 Å². The molecule has 1 aliphatic rings. The summed E-state index contributed by atoms with van der Waals surface area (Å²) in [6, 6.07) is 13.4. The summed E-state index contributed by atoms with van der Waals surface area (Å²) >= 11 is 0. The van der Waals surface area contributed by atoms with Crippen molar-refractivity contribution in [2.24, 2.45) is 0 Å². The summed E-state index contributed by atoms with van der Waals surface area (Å²) in [5, 5.41) is 16.5. The number of amides is 2. The zero-order valence-electron chi connectivity index (χ0n) is 13.7. The smallest absolute Gasteiger partial charge is 0.314 e. The van der Waals surface area contributed by atoms with Crippen LogP contribution in [0.3, 0.4) is 0 Å². The van der Waals surface area contributed by atoms with Crippen LogP contribution in [0.25, 0.3) is 0 Å². The number of hydrogen-bond acceptors (Lipinski definition) is 3. The van der Waals surface area contributed by atoms with Gasteiger partial charge in [0.15, 0.2) is 0 Å². The molecule has 24 heavy (non-hydrogen) atoms. The second-order valence-electron chi connectivity index (χ2n) is 6.22. The van der Waals surface area contributed by atoms with Gasteiger partial charge in [0, 0.05) is 24.9 Å². The number of nitrogens with zero attached hydrogens (tertiary/aromatic N) is 1. The highest BCUT2D eigenvalue weighted by molar-refractivity contribution is 5.73. The Hall–Kier alpha value is -2.40. The molecule has 2 aromatic rings. The minimum absolute atomic E-state index is 0.222. The van der Waals surface area contributed by atoms with Crippen molar-refractivity contribution in [3.05, 3.63) is 65.5 Å². The third kappa shape index (κ3) is 3.92. The van der Waals surface area contributed by atoms with Gasteiger partial charge in [-0.15, -0.1) is 0 Å². The molecule has 1 aliphatic carbocycles. The van der Waals surface area contributed by atoms with E-state index in [1.54, 1.807) is 6.20 Å². The molecule has 1 atom stereocenters. The molecule has 0 bridgehead atoms. The van der Waals surface area contributed by atoms with E-state index in [0.717, 1.165) is 24.1 Å². The summed E-state index contributed by atoms with van der Waals surface area (Å²) in [5.41, 5.74) is 2.07. The number of carbonyl (C=O) groups excluding carboxylic acids is 1. The van der Waals surface area contributed by atoms with Crippen LogP contribution >= 0.6 is 0 Å². The van der Waals surface area contributed by atoms with Crippen LogP contribution in [0, 0.1) is 0 Å². The average Bonchev–Trinajstić information content (AvgIpc) is 2.62. The predicted molar refractivity (Wildman–Crippen MR) is 92.6 cm³/mol. The van der Waals surface area contributed by atoms with E-state index < -0.39 is 5.60 Å². The zero-order valence-corrected chi connectivity index (χ0v) is 13.7. The maximum absolute atomic E-state index is 12.0. The first kappa shape index (κ1) is 16.5. The number of aliphatic hydroxyl groups is 1. The van der Waals surface area contributed by atoms with Gasteiger partial charge in [-0.2, -0.15) is 0 Å². The Morgan fingerprint density at radius 2 is 2.00 bits per heavy atom. The van der Waals surface area contributed by atoms with E-state index in [1.165, 1.54) is 5.56 Å². The quantitative estimate of drug-likeness (QED) is 0.788. The van der Waals surface area contributed by atoms with Crippen molar-refractivity contribution >= 4 is 6.03 Å². The molecule has 3 N–H and O–H groups in total. The Labute approximate surface area is 142 Å². The first-order valence-corrected chi connectivity index (χ1v) is 8.40. The van der Waals surface area contributed by atoms with Crippen LogP contribution in [-0.4, -0.2) is 29.2 Å². The molecule has 2 amide bonds. The van der Waals surface area contributed by atoms with Crippen molar-refractivity contribution < 1.29 is 9.90 Å². The summed E-state index contributed by atoms with van der Waals surface area (Å²) in [6.07, 6.45) is 5.00. The molecule has 1 heterocycles. The minimum atomic E-state index is -0.979. The highest BCUT2D eigenvalue weighted by Crippen LogP contribution is 2.34. The molecule has 0 spiro atoms. The Bertz CT molecular complexity index is 690. The number of pyridine rings is 1. The molecule has 1 aromatic heterocycles. The van der Waals surface area contributed by atoms with E-state index in [9.17, 15) is 9.90 Å². The predicted octanol–water partition coefficient (Wildman–Crippen LogP) is 2.15. The van der Waals surface area contributed by atoms with Crippen molar-refractivity contribution in [3.8, 4) is 0 Å². The maximum atomic E-state index is 12.0. The number of nitrogens with one attached hydrogen (secondary N) is 2. The molecule has 0 fully saturated rings. The van der Waals surface area contributed by atoms with Gasteiger partial charge in [0.05, 0.1) is 6.54 Å². The van der Waals surface area contributed by atoms with E-state index in [0.29, 0.717) is 19.4 Å². The lowest BCUT2D eigenvalue weighted by Crippen LogP contribution is -2.46. The Morgan fingerprint density at radius 1 is 1.17 bits per heavy atom. The van der Waals surface area contributed by atoms with Crippen molar-refractivity contribution in [1.29, 1.82) is 0 Å². The minimum Gasteiger partial charge on any atom is -0.383 e. The molecule has 0 radical (unpaired) electrons. The van der Waals surface area contributed by atoms with Gasteiger partial charge in [-0.3, -0.25) is 4.98 Å². The van der Waals surface area contributed by atoms with E-state index in [2.05, 4.69) is 15.6 Å². The molecule has 3 rings (SSSR count). The van der Waals surface area contributed by atoms with Crippen LogP contribution in [0.15, 0.2) is 48.7 Å². The number of carbonyl (C=O) groups is 1. The molecular weight excluding hydrogens is 302 g/mol. The summed E-state index contributed by atoms with van der Waals surface area (Å²) in [7, 11) is 0. The number of rotatable bonds is 5. The molecule has 0 aliphatic heterocycles. The fraction of sp³-hybridized carbons (Fsp3) is 0.368. The summed E-state index contributed by atoms with van der Waals surface area (Å²) in [6.45, 7) is 0.733. The third-order valence-electron chi connectivity index (χ3n) is 4.49. The third-order valence-corrected chi connectivity index (χ3v) is 4.49. The van der Waals surface area contributed by atoms with Gasteiger partial charge in [-0.1, -0.05) is 30.3 Å².